The Morgan fingerprint density at radius 1 is 0.783 bits per heavy atom. The molecule has 0 atom stereocenters. The van der Waals surface area contributed by atoms with Crippen molar-refractivity contribution in [3.05, 3.63) is 102 Å². The number of aromatic hydroxyl groups is 1. The Morgan fingerprint density at radius 2 is 1.46 bits per heavy atom. The highest BCUT2D eigenvalue weighted by Crippen LogP contribution is 2.46. The topological polar surface area (TPSA) is 215 Å². The summed E-state index contributed by atoms with van der Waals surface area (Å²) in [5, 5.41) is 18.3. The predicted molar refractivity (Wildman–Crippen MR) is 166 cm³/mol. The summed E-state index contributed by atoms with van der Waals surface area (Å²) in [5.41, 5.74) is -0.869. The van der Waals surface area contributed by atoms with Gasteiger partial charge in [-0.15, -0.1) is 10.2 Å². The SMILES string of the molecule is Cc1ccc(S(=O)(=O)Nc2cc(S(=O)(=O)[O-])cc3cc(S(=O)(=O)[O-])c(N=Nc4cc(Cl)ccc4Oc4ccccc4)c(O)c23)cc1. The van der Waals surface area contributed by atoms with Crippen LogP contribution in [0, 0.1) is 6.92 Å². The van der Waals surface area contributed by atoms with E-state index in [1.54, 1.807) is 37.3 Å². The summed E-state index contributed by atoms with van der Waals surface area (Å²) in [6, 6.07) is 20.2. The largest absolute Gasteiger partial charge is 0.744 e. The first-order chi connectivity index (χ1) is 21.5. The number of ether oxygens (including phenoxy) is 1. The lowest BCUT2D eigenvalue weighted by Gasteiger charge is -2.19. The van der Waals surface area contributed by atoms with Crippen LogP contribution >= 0.6 is 11.6 Å². The molecule has 0 heterocycles. The molecule has 17 heteroatoms. The van der Waals surface area contributed by atoms with Gasteiger partial charge in [0.05, 0.1) is 25.8 Å². The van der Waals surface area contributed by atoms with E-state index in [-0.39, 0.29) is 21.4 Å². The van der Waals surface area contributed by atoms with E-state index in [4.69, 9.17) is 16.3 Å². The number of halogens is 1. The third kappa shape index (κ3) is 7.12. The second-order valence-electron chi connectivity index (χ2n) is 9.69. The van der Waals surface area contributed by atoms with Crippen molar-refractivity contribution in [3.63, 3.8) is 0 Å². The van der Waals surface area contributed by atoms with Gasteiger partial charge in [-0.25, -0.2) is 25.3 Å². The Hall–Kier alpha value is -4.58. The predicted octanol–water partition coefficient (Wildman–Crippen LogP) is 6.32. The number of aryl methyl sites for hydroxylation is 1. The third-order valence-electron chi connectivity index (χ3n) is 6.41. The summed E-state index contributed by atoms with van der Waals surface area (Å²) in [6.07, 6.45) is 0. The minimum absolute atomic E-state index is 0.0572. The Labute approximate surface area is 268 Å². The van der Waals surface area contributed by atoms with E-state index in [1.807, 2.05) is 0 Å². The lowest BCUT2D eigenvalue weighted by molar-refractivity contribution is 0.458. The number of anilines is 1. The molecule has 2 N–H and O–H groups in total. The van der Waals surface area contributed by atoms with Gasteiger partial charge in [-0.2, -0.15) is 0 Å². The maximum absolute atomic E-state index is 13.2. The number of rotatable bonds is 9. The maximum atomic E-state index is 13.2. The first-order valence-corrected chi connectivity index (χ1v) is 17.5. The number of nitrogens with zero attached hydrogens (tertiary/aromatic N) is 2. The molecule has 0 aliphatic carbocycles. The fourth-order valence-electron chi connectivity index (χ4n) is 4.27. The van der Waals surface area contributed by atoms with Crippen molar-refractivity contribution in [2.24, 2.45) is 10.2 Å². The molecule has 46 heavy (non-hydrogen) atoms. The van der Waals surface area contributed by atoms with E-state index < -0.39 is 67.9 Å². The van der Waals surface area contributed by atoms with E-state index in [9.17, 15) is 39.5 Å². The zero-order valence-corrected chi connectivity index (χ0v) is 26.5. The highest BCUT2D eigenvalue weighted by Gasteiger charge is 2.24. The third-order valence-corrected chi connectivity index (χ3v) is 9.69. The van der Waals surface area contributed by atoms with Crippen LogP contribution in [0.1, 0.15) is 5.56 Å². The number of fused-ring (bicyclic) bond motifs is 1. The zero-order valence-electron chi connectivity index (χ0n) is 23.3. The molecule has 0 spiro atoms. The molecule has 0 aliphatic rings. The minimum atomic E-state index is -5.45. The van der Waals surface area contributed by atoms with Gasteiger partial charge >= 0.3 is 0 Å². The molecular weight excluding hydrogens is 682 g/mol. The fourth-order valence-corrected chi connectivity index (χ4v) is 6.68. The van der Waals surface area contributed by atoms with Crippen LogP contribution in [0.3, 0.4) is 0 Å². The van der Waals surface area contributed by atoms with Crippen molar-refractivity contribution in [1.82, 2.24) is 0 Å². The average molecular weight is 702 g/mol. The van der Waals surface area contributed by atoms with Crippen LogP contribution in [0.25, 0.3) is 10.8 Å². The normalized spacial score (nSPS) is 12.4. The molecule has 0 saturated heterocycles. The van der Waals surface area contributed by atoms with E-state index in [1.165, 1.54) is 42.5 Å². The van der Waals surface area contributed by atoms with Crippen LogP contribution in [0.15, 0.2) is 116 Å². The number of sulfonamides is 1. The summed E-state index contributed by atoms with van der Waals surface area (Å²) in [5.74, 6) is -0.574. The van der Waals surface area contributed by atoms with Crippen LogP contribution in [0.2, 0.25) is 5.02 Å². The number of hydrogen-bond acceptors (Lipinski definition) is 12. The van der Waals surface area contributed by atoms with E-state index in [0.717, 1.165) is 5.56 Å². The molecule has 5 aromatic carbocycles. The molecule has 0 aromatic heterocycles. The maximum Gasteiger partial charge on any atom is 0.261 e. The standard InChI is InChI=1S/C29H22ClN3O10S3/c1-17-7-10-21(11-8-17)44(35,36)33-24-16-22(45(37,38)39)13-18-14-26(46(40,41)42)28(29(34)27(18)24)32-31-23-15-19(30)9-12-25(23)43-20-5-3-2-4-6-20/h2-16,33-34H,1H3,(H,37,38,39)(H,40,41,42)/p-2. The van der Waals surface area contributed by atoms with Gasteiger partial charge in [0.2, 0.25) is 0 Å². The van der Waals surface area contributed by atoms with Gasteiger partial charge in [0, 0.05) is 5.02 Å². The van der Waals surface area contributed by atoms with Crippen LogP contribution < -0.4 is 9.46 Å². The molecule has 5 rings (SSSR count). The lowest BCUT2D eigenvalue weighted by atomic mass is 10.1. The van der Waals surface area contributed by atoms with Crippen molar-refractivity contribution in [2.45, 2.75) is 21.6 Å². The molecule has 0 amide bonds. The molecule has 238 valence electrons. The number of hydrogen-bond donors (Lipinski definition) is 2. The molecule has 0 unspecified atom stereocenters. The number of benzene rings is 5. The fraction of sp³-hybridized carbons (Fsp3) is 0.0345. The van der Waals surface area contributed by atoms with E-state index >= 15 is 0 Å². The van der Waals surface area contributed by atoms with Crippen LogP contribution in [0.5, 0.6) is 17.2 Å². The van der Waals surface area contributed by atoms with Crippen LogP contribution in [0.4, 0.5) is 17.1 Å². The smallest absolute Gasteiger partial charge is 0.261 e. The summed E-state index contributed by atoms with van der Waals surface area (Å²) >= 11 is 6.12. The zero-order chi connectivity index (χ0) is 33.4. The minimum Gasteiger partial charge on any atom is -0.744 e. The summed E-state index contributed by atoms with van der Waals surface area (Å²) in [7, 11) is -15.2. The average Bonchev–Trinajstić information content (AvgIpc) is 2.97. The Kier molecular flexibility index (Phi) is 8.78. The summed E-state index contributed by atoms with van der Waals surface area (Å²) in [6.45, 7) is 1.72. The molecular formula is C29H20ClN3O10S3-2. The molecule has 0 fully saturated rings. The number of phenolic OH excluding ortho intramolecular Hbond substituents is 1. The van der Waals surface area contributed by atoms with Gasteiger partial charge in [-0.3, -0.25) is 4.72 Å². The second kappa shape index (κ2) is 12.3. The monoisotopic (exact) mass is 701 g/mol. The first kappa shape index (κ1) is 32.8. The van der Waals surface area contributed by atoms with Gasteiger partial charge < -0.3 is 18.9 Å². The summed E-state index contributed by atoms with van der Waals surface area (Å²) in [4.78, 5) is -2.39. The Bertz CT molecular complexity index is 2350. The molecule has 0 radical (unpaired) electrons. The molecule has 0 saturated carbocycles. The Morgan fingerprint density at radius 3 is 2.09 bits per heavy atom. The summed E-state index contributed by atoms with van der Waals surface area (Å²) < 4.78 is 107. The van der Waals surface area contributed by atoms with Crippen molar-refractivity contribution in [1.29, 1.82) is 0 Å². The number of para-hydroxylation sites is 1. The number of phenols is 1. The van der Waals surface area contributed by atoms with Crippen molar-refractivity contribution in [2.75, 3.05) is 4.72 Å². The van der Waals surface area contributed by atoms with Gasteiger partial charge in [0.1, 0.15) is 37.4 Å². The Balaban J connectivity index is 1.74. The van der Waals surface area contributed by atoms with Crippen molar-refractivity contribution >= 4 is 69.7 Å². The molecule has 0 aliphatic heterocycles. The van der Waals surface area contributed by atoms with Gasteiger partial charge in [-0.1, -0.05) is 47.5 Å². The van der Waals surface area contributed by atoms with Crippen molar-refractivity contribution < 1.29 is 44.2 Å². The first-order valence-electron chi connectivity index (χ1n) is 12.8. The van der Waals surface area contributed by atoms with Crippen LogP contribution in [-0.2, 0) is 30.3 Å². The van der Waals surface area contributed by atoms with Gasteiger partial charge in [-0.05, 0) is 73.0 Å². The van der Waals surface area contributed by atoms with E-state index in [2.05, 4.69) is 15.0 Å². The molecule has 13 nitrogen and oxygen atoms in total. The quantitative estimate of drug-likeness (QED) is 0.129. The van der Waals surface area contributed by atoms with Crippen molar-refractivity contribution in [3.8, 4) is 17.2 Å². The van der Waals surface area contributed by atoms with E-state index in [0.29, 0.717) is 23.9 Å². The highest BCUT2D eigenvalue weighted by atomic mass is 35.5. The highest BCUT2D eigenvalue weighted by molar-refractivity contribution is 7.92. The number of azo groups is 1. The second-order valence-corrected chi connectivity index (χ2v) is 14.5. The lowest BCUT2D eigenvalue weighted by Crippen LogP contribution is -2.14. The molecule has 0 bridgehead atoms. The van der Waals surface area contributed by atoms with Gasteiger partial charge in [0.15, 0.2) is 11.5 Å². The van der Waals surface area contributed by atoms with Crippen LogP contribution in [-0.4, -0.2) is 39.5 Å². The number of nitrogens with one attached hydrogen (secondary N) is 1. The molecule has 5 aromatic rings. The van der Waals surface area contributed by atoms with Gasteiger partial charge in [0.25, 0.3) is 10.0 Å².